The van der Waals surface area contributed by atoms with Crippen LogP contribution in [0, 0.1) is 0 Å². The maximum absolute atomic E-state index is 11.9. The van der Waals surface area contributed by atoms with E-state index in [2.05, 4.69) is 18.9 Å². The van der Waals surface area contributed by atoms with E-state index in [4.69, 9.17) is 5.73 Å². The molecule has 2 N–H and O–H groups in total. The highest BCUT2D eigenvalue weighted by Crippen LogP contribution is 2.15. The van der Waals surface area contributed by atoms with Crippen LogP contribution < -0.4 is 5.73 Å². The Morgan fingerprint density at radius 3 is 2.53 bits per heavy atom. The molecule has 0 aromatic carbocycles. The molecule has 0 aliphatic rings. The summed E-state index contributed by atoms with van der Waals surface area (Å²) in [6.45, 7) is 6.03. The maximum Gasteiger partial charge on any atom is 0.156 e. The summed E-state index contributed by atoms with van der Waals surface area (Å²) < 4.78 is 25.7. The summed E-state index contributed by atoms with van der Waals surface area (Å²) in [5, 5.41) is 4.37. The Kier molecular flexibility index (Phi) is 6.00. The zero-order chi connectivity index (χ0) is 14.5. The molecule has 0 aliphatic carbocycles. The Hall–Kier alpha value is -0.880. The lowest BCUT2D eigenvalue weighted by Gasteiger charge is -2.12. The van der Waals surface area contributed by atoms with Gasteiger partial charge in [0.05, 0.1) is 23.2 Å². The Balaban J connectivity index is 2.67. The van der Waals surface area contributed by atoms with Crippen LogP contribution in [0.15, 0.2) is 12.3 Å². The van der Waals surface area contributed by atoms with Gasteiger partial charge in [0.15, 0.2) is 9.84 Å². The Bertz CT molecular complexity index is 476. The van der Waals surface area contributed by atoms with Gasteiger partial charge in [-0.25, -0.2) is 8.42 Å². The van der Waals surface area contributed by atoms with E-state index in [0.717, 1.165) is 12.8 Å². The summed E-state index contributed by atoms with van der Waals surface area (Å²) in [5.41, 5.74) is 6.21. The fraction of sp³-hybridized carbons (Fsp3) is 0.769. The molecule has 0 fully saturated rings. The topological polar surface area (TPSA) is 78.0 Å². The van der Waals surface area contributed by atoms with E-state index >= 15 is 0 Å². The predicted octanol–water partition coefficient (Wildman–Crippen LogP) is 1.90. The van der Waals surface area contributed by atoms with Crippen LogP contribution in [0.5, 0.6) is 0 Å². The van der Waals surface area contributed by atoms with Crippen molar-refractivity contribution in [2.75, 3.05) is 5.75 Å². The monoisotopic (exact) mass is 287 g/mol. The minimum Gasteiger partial charge on any atom is -0.328 e. The number of nitrogens with two attached hydrogens (primary N) is 1. The molecule has 0 bridgehead atoms. The molecule has 1 aromatic heterocycles. The second-order valence-electron chi connectivity index (χ2n) is 5.12. The van der Waals surface area contributed by atoms with Gasteiger partial charge in [0.25, 0.3) is 0 Å². The molecule has 5 nitrogen and oxygen atoms in total. The SMILES string of the molecule is CCC(CC)n1ccc(CS(=O)(=O)CCC(C)N)n1. The third-order valence-electron chi connectivity index (χ3n) is 3.23. The molecule has 0 saturated carbocycles. The summed E-state index contributed by atoms with van der Waals surface area (Å²) in [4.78, 5) is 0. The molecule has 0 saturated heterocycles. The van der Waals surface area contributed by atoms with Gasteiger partial charge in [0, 0.05) is 12.2 Å². The van der Waals surface area contributed by atoms with Gasteiger partial charge < -0.3 is 5.73 Å². The van der Waals surface area contributed by atoms with Crippen LogP contribution in [0.3, 0.4) is 0 Å². The predicted molar refractivity (Wildman–Crippen MR) is 77.6 cm³/mol. The molecular formula is C13H25N3O2S. The van der Waals surface area contributed by atoms with Crippen molar-refractivity contribution in [1.29, 1.82) is 0 Å². The molecule has 0 amide bonds. The van der Waals surface area contributed by atoms with Crippen LogP contribution in [-0.2, 0) is 15.6 Å². The fourth-order valence-electron chi connectivity index (χ4n) is 1.98. The van der Waals surface area contributed by atoms with E-state index < -0.39 is 9.84 Å². The average molecular weight is 287 g/mol. The molecule has 1 aromatic rings. The first-order valence-corrected chi connectivity index (χ1v) is 8.70. The van der Waals surface area contributed by atoms with Crippen molar-refractivity contribution in [1.82, 2.24) is 9.78 Å². The van der Waals surface area contributed by atoms with Crippen LogP contribution in [-0.4, -0.2) is 30.0 Å². The molecule has 6 heteroatoms. The highest BCUT2D eigenvalue weighted by atomic mass is 32.2. The molecule has 19 heavy (non-hydrogen) atoms. The van der Waals surface area contributed by atoms with Crippen LogP contribution in [0.2, 0.25) is 0 Å². The van der Waals surface area contributed by atoms with E-state index in [9.17, 15) is 8.42 Å². The van der Waals surface area contributed by atoms with Gasteiger partial charge in [-0.05, 0) is 32.3 Å². The zero-order valence-corrected chi connectivity index (χ0v) is 12.9. The maximum atomic E-state index is 11.9. The van der Waals surface area contributed by atoms with E-state index in [-0.39, 0.29) is 17.5 Å². The molecule has 1 rings (SSSR count). The Morgan fingerprint density at radius 2 is 2.00 bits per heavy atom. The first-order valence-electron chi connectivity index (χ1n) is 6.88. The van der Waals surface area contributed by atoms with Crippen molar-refractivity contribution in [3.8, 4) is 0 Å². The molecule has 0 aliphatic heterocycles. The van der Waals surface area contributed by atoms with Gasteiger partial charge in [-0.3, -0.25) is 4.68 Å². The van der Waals surface area contributed by atoms with Crippen LogP contribution in [0.25, 0.3) is 0 Å². The van der Waals surface area contributed by atoms with E-state index in [1.165, 1.54) is 0 Å². The normalized spacial score (nSPS) is 13.9. The molecule has 110 valence electrons. The summed E-state index contributed by atoms with van der Waals surface area (Å²) in [6, 6.07) is 2.05. The lowest BCUT2D eigenvalue weighted by Crippen LogP contribution is -2.21. The average Bonchev–Trinajstić information content (AvgIpc) is 2.76. The first-order chi connectivity index (χ1) is 8.88. The summed E-state index contributed by atoms with van der Waals surface area (Å²) in [7, 11) is -3.11. The van der Waals surface area contributed by atoms with E-state index in [1.54, 1.807) is 6.07 Å². The molecular weight excluding hydrogens is 262 g/mol. The summed E-state index contributed by atoms with van der Waals surface area (Å²) in [6.07, 6.45) is 4.35. The zero-order valence-electron chi connectivity index (χ0n) is 12.0. The second kappa shape index (κ2) is 7.05. The van der Waals surface area contributed by atoms with Crippen molar-refractivity contribution in [2.45, 2.75) is 57.9 Å². The van der Waals surface area contributed by atoms with E-state index in [0.29, 0.717) is 18.2 Å². The highest BCUT2D eigenvalue weighted by Gasteiger charge is 2.16. The van der Waals surface area contributed by atoms with Gasteiger partial charge in [0.1, 0.15) is 0 Å². The quantitative estimate of drug-likeness (QED) is 0.792. The van der Waals surface area contributed by atoms with Crippen molar-refractivity contribution in [3.63, 3.8) is 0 Å². The minimum absolute atomic E-state index is 0.00681. The number of sulfone groups is 1. The molecule has 1 heterocycles. The number of aromatic nitrogens is 2. The highest BCUT2D eigenvalue weighted by molar-refractivity contribution is 7.90. The van der Waals surface area contributed by atoms with E-state index in [1.807, 2.05) is 17.8 Å². The molecule has 0 radical (unpaired) electrons. The van der Waals surface area contributed by atoms with Crippen molar-refractivity contribution >= 4 is 9.84 Å². The van der Waals surface area contributed by atoms with Crippen LogP contribution in [0.4, 0.5) is 0 Å². The lowest BCUT2D eigenvalue weighted by molar-refractivity contribution is 0.426. The molecule has 1 unspecified atom stereocenters. The van der Waals surface area contributed by atoms with Crippen molar-refractivity contribution in [3.05, 3.63) is 18.0 Å². The smallest absolute Gasteiger partial charge is 0.156 e. The second-order valence-corrected chi connectivity index (χ2v) is 7.30. The van der Waals surface area contributed by atoms with Gasteiger partial charge in [0.2, 0.25) is 0 Å². The Labute approximate surface area is 116 Å². The number of nitrogens with zero attached hydrogens (tertiary/aromatic N) is 2. The lowest BCUT2D eigenvalue weighted by atomic mass is 10.2. The fourth-order valence-corrected chi connectivity index (χ4v) is 3.46. The van der Waals surface area contributed by atoms with Crippen LogP contribution in [0.1, 0.15) is 51.8 Å². The molecule has 0 spiro atoms. The van der Waals surface area contributed by atoms with Gasteiger partial charge in [-0.1, -0.05) is 13.8 Å². The van der Waals surface area contributed by atoms with Crippen molar-refractivity contribution < 1.29 is 8.42 Å². The van der Waals surface area contributed by atoms with Crippen molar-refractivity contribution in [2.24, 2.45) is 5.73 Å². The molecule has 1 atom stereocenters. The standard InChI is InChI=1S/C13H25N3O2S/c1-4-13(5-2)16-8-6-12(15-16)10-19(17,18)9-7-11(3)14/h6,8,11,13H,4-5,7,9-10,14H2,1-3H3. The van der Waals surface area contributed by atoms with Crippen LogP contribution >= 0.6 is 0 Å². The number of rotatable bonds is 8. The minimum atomic E-state index is -3.11. The third kappa shape index (κ3) is 5.32. The Morgan fingerprint density at radius 1 is 1.37 bits per heavy atom. The number of hydrogen-bond acceptors (Lipinski definition) is 4. The van der Waals surface area contributed by atoms with Gasteiger partial charge in [-0.15, -0.1) is 0 Å². The van der Waals surface area contributed by atoms with Gasteiger partial charge in [-0.2, -0.15) is 5.10 Å². The largest absolute Gasteiger partial charge is 0.328 e. The summed E-state index contributed by atoms with van der Waals surface area (Å²) >= 11 is 0. The first kappa shape index (κ1) is 16.2. The number of hydrogen-bond donors (Lipinski definition) is 1. The third-order valence-corrected chi connectivity index (χ3v) is 4.83. The van der Waals surface area contributed by atoms with Gasteiger partial charge >= 0.3 is 0 Å². The summed E-state index contributed by atoms with van der Waals surface area (Å²) in [5.74, 6) is 0.134.